The number of nitrogens with zero attached hydrogens (tertiary/aromatic N) is 2. The Morgan fingerprint density at radius 1 is 1.12 bits per heavy atom. The van der Waals surface area contributed by atoms with Gasteiger partial charge in [-0.15, -0.1) is 0 Å². The number of rotatable bonds is 3. The molecule has 2 heterocycles. The average molecular weight is 338 g/mol. The fourth-order valence-corrected chi connectivity index (χ4v) is 3.72. The predicted octanol–water partition coefficient (Wildman–Crippen LogP) is 4.49. The van der Waals surface area contributed by atoms with Gasteiger partial charge in [0.15, 0.2) is 0 Å². The van der Waals surface area contributed by atoms with Crippen LogP contribution >= 0.6 is 11.6 Å². The number of nitrogens with one attached hydrogen (secondary N) is 1. The van der Waals surface area contributed by atoms with Gasteiger partial charge in [0.1, 0.15) is 5.82 Å². The molecule has 0 spiro atoms. The normalized spacial score (nSPS) is 14.6. The van der Waals surface area contributed by atoms with Crippen LogP contribution in [0.4, 0.5) is 5.82 Å². The molecule has 0 aliphatic carbocycles. The zero-order chi connectivity index (χ0) is 16.5. The molecular formula is C20H20ClN3. The highest BCUT2D eigenvalue weighted by Crippen LogP contribution is 2.33. The lowest BCUT2D eigenvalue weighted by atomic mass is 9.95. The fourth-order valence-electron chi connectivity index (χ4n) is 3.55. The maximum absolute atomic E-state index is 6.22. The quantitative estimate of drug-likeness (QED) is 0.763. The van der Waals surface area contributed by atoms with Crippen LogP contribution < -0.4 is 5.32 Å². The molecular weight excluding hydrogens is 318 g/mol. The number of aromatic nitrogens is 1. The first-order valence-electron chi connectivity index (χ1n) is 8.29. The standard InChI is InChI=1S/C20H20ClN3/c1-22-20-18-13-24(12-14-5-3-2-4-6-14)10-9-16(18)17-11-15(21)7-8-19(17)23-20/h2-8,11H,9-10,12-13H2,1H3,(H,22,23). The third kappa shape index (κ3) is 2.85. The molecule has 1 aliphatic heterocycles. The van der Waals surface area contributed by atoms with Crippen LogP contribution in [0.1, 0.15) is 16.7 Å². The van der Waals surface area contributed by atoms with Crippen LogP contribution in [0.15, 0.2) is 48.5 Å². The molecule has 0 saturated carbocycles. The van der Waals surface area contributed by atoms with Crippen molar-refractivity contribution in [3.05, 3.63) is 70.2 Å². The Hall–Kier alpha value is -2.10. The Balaban J connectivity index is 1.72. The number of benzene rings is 2. The van der Waals surface area contributed by atoms with E-state index in [1.54, 1.807) is 0 Å². The Morgan fingerprint density at radius 3 is 2.75 bits per heavy atom. The summed E-state index contributed by atoms with van der Waals surface area (Å²) in [6, 6.07) is 16.6. The SMILES string of the molecule is CNc1nc2ccc(Cl)cc2c2c1CN(Cc1ccccc1)CC2. The van der Waals surface area contributed by atoms with Crippen molar-refractivity contribution in [1.82, 2.24) is 9.88 Å². The van der Waals surface area contributed by atoms with Crippen molar-refractivity contribution >= 4 is 28.3 Å². The molecule has 24 heavy (non-hydrogen) atoms. The number of pyridine rings is 1. The maximum atomic E-state index is 6.22. The maximum Gasteiger partial charge on any atom is 0.131 e. The van der Waals surface area contributed by atoms with Crippen molar-refractivity contribution in [2.24, 2.45) is 0 Å². The fraction of sp³-hybridized carbons (Fsp3) is 0.250. The van der Waals surface area contributed by atoms with E-state index in [1.165, 1.54) is 22.1 Å². The molecule has 0 bridgehead atoms. The first-order valence-corrected chi connectivity index (χ1v) is 8.67. The molecule has 0 radical (unpaired) electrons. The monoisotopic (exact) mass is 337 g/mol. The van der Waals surface area contributed by atoms with E-state index in [0.717, 1.165) is 42.4 Å². The summed E-state index contributed by atoms with van der Waals surface area (Å²) in [5.41, 5.74) is 5.05. The van der Waals surface area contributed by atoms with Gasteiger partial charge in [-0.25, -0.2) is 4.98 Å². The van der Waals surface area contributed by atoms with Gasteiger partial charge in [0.05, 0.1) is 5.52 Å². The first kappa shape index (κ1) is 15.4. The van der Waals surface area contributed by atoms with E-state index in [1.807, 2.05) is 19.2 Å². The average Bonchev–Trinajstić information content (AvgIpc) is 2.62. The summed E-state index contributed by atoms with van der Waals surface area (Å²) in [5, 5.41) is 5.24. The van der Waals surface area contributed by atoms with Crippen molar-refractivity contribution in [3.63, 3.8) is 0 Å². The Bertz CT molecular complexity index is 877. The highest BCUT2D eigenvalue weighted by Gasteiger charge is 2.22. The van der Waals surface area contributed by atoms with Gasteiger partial charge in [-0.3, -0.25) is 4.90 Å². The molecule has 122 valence electrons. The number of fused-ring (bicyclic) bond motifs is 3. The van der Waals surface area contributed by atoms with Gasteiger partial charge in [-0.05, 0) is 35.7 Å². The largest absolute Gasteiger partial charge is 0.373 e. The number of hydrogen-bond donors (Lipinski definition) is 1. The topological polar surface area (TPSA) is 28.2 Å². The summed E-state index contributed by atoms with van der Waals surface area (Å²) < 4.78 is 0. The summed E-state index contributed by atoms with van der Waals surface area (Å²) in [7, 11) is 1.94. The second-order valence-electron chi connectivity index (χ2n) is 6.28. The van der Waals surface area contributed by atoms with Crippen molar-refractivity contribution < 1.29 is 0 Å². The van der Waals surface area contributed by atoms with Crippen molar-refractivity contribution in [2.45, 2.75) is 19.5 Å². The first-order chi connectivity index (χ1) is 11.7. The van der Waals surface area contributed by atoms with Crippen LogP contribution in [0, 0.1) is 0 Å². The third-order valence-corrected chi connectivity index (χ3v) is 4.95. The van der Waals surface area contributed by atoms with Crippen molar-refractivity contribution in [2.75, 3.05) is 18.9 Å². The van der Waals surface area contributed by atoms with E-state index in [4.69, 9.17) is 16.6 Å². The summed E-state index contributed by atoms with van der Waals surface area (Å²) in [4.78, 5) is 7.28. The minimum absolute atomic E-state index is 0.774. The summed E-state index contributed by atoms with van der Waals surface area (Å²) >= 11 is 6.22. The molecule has 4 heteroatoms. The smallest absolute Gasteiger partial charge is 0.131 e. The molecule has 1 aliphatic rings. The molecule has 0 unspecified atom stereocenters. The van der Waals surface area contributed by atoms with Crippen molar-refractivity contribution in [3.8, 4) is 0 Å². The van der Waals surface area contributed by atoms with Crippen LogP contribution in [0.3, 0.4) is 0 Å². The van der Waals surface area contributed by atoms with Gasteiger partial charge in [-0.1, -0.05) is 41.9 Å². The molecule has 0 fully saturated rings. The highest BCUT2D eigenvalue weighted by atomic mass is 35.5. The van der Waals surface area contributed by atoms with Gasteiger partial charge < -0.3 is 5.32 Å². The summed E-state index contributed by atoms with van der Waals surface area (Å²) in [6.07, 6.45) is 1.02. The van der Waals surface area contributed by atoms with Crippen molar-refractivity contribution in [1.29, 1.82) is 0 Å². The van der Waals surface area contributed by atoms with Crippen LogP contribution in [-0.2, 0) is 19.5 Å². The Kier molecular flexibility index (Phi) is 4.13. The number of hydrogen-bond acceptors (Lipinski definition) is 3. The lowest BCUT2D eigenvalue weighted by Gasteiger charge is -2.30. The predicted molar refractivity (Wildman–Crippen MR) is 101 cm³/mol. The molecule has 3 aromatic rings. The molecule has 0 atom stereocenters. The Labute approximate surface area is 147 Å². The van der Waals surface area contributed by atoms with Gasteiger partial charge in [-0.2, -0.15) is 0 Å². The van der Waals surface area contributed by atoms with Crippen LogP contribution in [-0.4, -0.2) is 23.5 Å². The summed E-state index contributed by atoms with van der Waals surface area (Å²) in [6.45, 7) is 2.93. The molecule has 3 nitrogen and oxygen atoms in total. The van der Waals surface area contributed by atoms with E-state index in [9.17, 15) is 0 Å². The number of anilines is 1. The van der Waals surface area contributed by atoms with Gasteiger partial charge >= 0.3 is 0 Å². The molecule has 4 rings (SSSR count). The van der Waals surface area contributed by atoms with Crippen LogP contribution in [0.25, 0.3) is 10.9 Å². The number of halogens is 1. The highest BCUT2D eigenvalue weighted by molar-refractivity contribution is 6.31. The van der Waals surface area contributed by atoms with Crippen LogP contribution in [0.5, 0.6) is 0 Å². The minimum atomic E-state index is 0.774. The van der Waals surface area contributed by atoms with E-state index in [-0.39, 0.29) is 0 Å². The van der Waals surface area contributed by atoms with E-state index in [2.05, 4.69) is 46.6 Å². The van der Waals surface area contributed by atoms with Gasteiger partial charge in [0.25, 0.3) is 0 Å². The zero-order valence-corrected chi connectivity index (χ0v) is 14.5. The van der Waals surface area contributed by atoms with Gasteiger partial charge in [0, 0.05) is 42.7 Å². The summed E-state index contributed by atoms with van der Waals surface area (Å²) in [5.74, 6) is 0.984. The third-order valence-electron chi connectivity index (χ3n) is 4.71. The second kappa shape index (κ2) is 6.42. The lowest BCUT2D eigenvalue weighted by molar-refractivity contribution is 0.246. The van der Waals surface area contributed by atoms with Crippen LogP contribution in [0.2, 0.25) is 5.02 Å². The Morgan fingerprint density at radius 2 is 1.96 bits per heavy atom. The molecule has 2 aromatic carbocycles. The second-order valence-corrected chi connectivity index (χ2v) is 6.71. The zero-order valence-electron chi connectivity index (χ0n) is 13.7. The lowest BCUT2D eigenvalue weighted by Crippen LogP contribution is -2.31. The molecule has 1 N–H and O–H groups in total. The minimum Gasteiger partial charge on any atom is -0.373 e. The van der Waals surface area contributed by atoms with E-state index >= 15 is 0 Å². The molecule has 0 saturated heterocycles. The van der Waals surface area contributed by atoms with E-state index in [0.29, 0.717) is 0 Å². The molecule has 0 amide bonds. The van der Waals surface area contributed by atoms with Gasteiger partial charge in [0.2, 0.25) is 0 Å². The van der Waals surface area contributed by atoms with E-state index < -0.39 is 0 Å². The molecule has 1 aromatic heterocycles.